The van der Waals surface area contributed by atoms with Gasteiger partial charge in [0.05, 0.1) is 5.56 Å². The van der Waals surface area contributed by atoms with E-state index in [-0.39, 0.29) is 12.1 Å². The number of benzene rings is 1. The maximum atomic E-state index is 13.0. The Morgan fingerprint density at radius 3 is 2.50 bits per heavy atom. The minimum Gasteiger partial charge on any atom is -0.427 e. The van der Waals surface area contributed by atoms with Gasteiger partial charge in [-0.2, -0.15) is 17.6 Å². The van der Waals surface area contributed by atoms with E-state index in [1.54, 1.807) is 24.5 Å². The number of aromatic nitrogens is 1. The molecule has 128 valence electrons. The van der Waals surface area contributed by atoms with Gasteiger partial charge in [0.2, 0.25) is 0 Å². The normalized spacial score (nSPS) is 11.4. The molecule has 0 spiro atoms. The summed E-state index contributed by atoms with van der Waals surface area (Å²) in [5.74, 6) is -1.30. The molecule has 2 aromatic rings. The van der Waals surface area contributed by atoms with Gasteiger partial charge in [-0.15, -0.1) is 0 Å². The fraction of sp³-hybridized carbons (Fsp3) is 0.250. The van der Waals surface area contributed by atoms with Crippen LogP contribution in [0.4, 0.5) is 17.6 Å². The Hall–Kier alpha value is -2.64. The Bertz CT molecular complexity index is 681. The van der Waals surface area contributed by atoms with Gasteiger partial charge in [0, 0.05) is 18.9 Å². The Morgan fingerprint density at radius 1 is 1.17 bits per heavy atom. The van der Waals surface area contributed by atoms with E-state index in [2.05, 4.69) is 15.0 Å². The summed E-state index contributed by atoms with van der Waals surface area (Å²) in [6, 6.07) is 8.53. The summed E-state index contributed by atoms with van der Waals surface area (Å²) in [6.45, 7) is 0.239. The molecule has 0 aliphatic carbocycles. The zero-order valence-corrected chi connectivity index (χ0v) is 12.4. The summed E-state index contributed by atoms with van der Waals surface area (Å²) in [7, 11) is 0. The van der Waals surface area contributed by atoms with Crippen molar-refractivity contribution in [2.24, 2.45) is 0 Å². The van der Waals surface area contributed by atoms with E-state index in [0.29, 0.717) is 6.42 Å². The van der Waals surface area contributed by atoms with Gasteiger partial charge in [0.1, 0.15) is 5.75 Å². The van der Waals surface area contributed by atoms with Crippen molar-refractivity contribution in [3.8, 4) is 5.75 Å². The molecule has 1 N–H and O–H groups in total. The number of hydrogen-bond acceptors (Lipinski definition) is 3. The Labute approximate surface area is 135 Å². The van der Waals surface area contributed by atoms with Crippen molar-refractivity contribution < 1.29 is 27.1 Å². The van der Waals surface area contributed by atoms with E-state index in [9.17, 15) is 22.4 Å². The number of hydrogen-bond donors (Lipinski definition) is 1. The molecule has 1 heterocycles. The van der Waals surface area contributed by atoms with Gasteiger partial charge in [-0.05, 0) is 36.2 Å². The molecule has 0 saturated carbocycles. The first-order valence-corrected chi connectivity index (χ1v) is 7.01. The van der Waals surface area contributed by atoms with Crippen LogP contribution in [0.5, 0.6) is 5.75 Å². The molecule has 0 aliphatic rings. The SMILES string of the molecule is O=C(NCCc1ccncc1)c1ccccc1OC(F)(F)C(F)F. The van der Waals surface area contributed by atoms with Crippen LogP contribution < -0.4 is 10.1 Å². The van der Waals surface area contributed by atoms with Crippen molar-refractivity contribution >= 4 is 5.91 Å². The average molecular weight is 342 g/mol. The monoisotopic (exact) mass is 342 g/mol. The standard InChI is InChI=1S/C16H14F4N2O2/c17-15(18)16(19,20)24-13-4-2-1-3-12(13)14(23)22-10-7-11-5-8-21-9-6-11/h1-6,8-9,15H,7,10H2,(H,22,23). The molecule has 1 aromatic heterocycles. The maximum Gasteiger partial charge on any atom is 0.461 e. The largest absolute Gasteiger partial charge is 0.461 e. The third kappa shape index (κ3) is 4.68. The minimum atomic E-state index is -4.67. The summed E-state index contributed by atoms with van der Waals surface area (Å²) in [5.41, 5.74) is 0.687. The molecule has 1 amide bonds. The quantitative estimate of drug-likeness (QED) is 0.786. The highest BCUT2D eigenvalue weighted by Gasteiger charge is 2.44. The van der Waals surface area contributed by atoms with Gasteiger partial charge in [-0.25, -0.2) is 0 Å². The molecular weight excluding hydrogens is 328 g/mol. The Morgan fingerprint density at radius 2 is 1.83 bits per heavy atom. The summed E-state index contributed by atoms with van der Waals surface area (Å²) in [6.07, 6.45) is -4.96. The predicted molar refractivity (Wildman–Crippen MR) is 78.3 cm³/mol. The van der Waals surface area contributed by atoms with E-state index < -0.39 is 24.2 Å². The van der Waals surface area contributed by atoms with Crippen LogP contribution in [-0.4, -0.2) is 30.0 Å². The van der Waals surface area contributed by atoms with Crippen LogP contribution >= 0.6 is 0 Å². The summed E-state index contributed by atoms with van der Waals surface area (Å²) in [4.78, 5) is 15.9. The van der Waals surface area contributed by atoms with Crippen molar-refractivity contribution in [1.82, 2.24) is 10.3 Å². The highest BCUT2D eigenvalue weighted by Crippen LogP contribution is 2.29. The van der Waals surface area contributed by atoms with Gasteiger partial charge in [0.25, 0.3) is 5.91 Å². The molecule has 0 saturated heterocycles. The number of ether oxygens (including phenoxy) is 1. The molecule has 24 heavy (non-hydrogen) atoms. The number of nitrogens with zero attached hydrogens (tertiary/aromatic N) is 1. The van der Waals surface area contributed by atoms with E-state index in [0.717, 1.165) is 11.6 Å². The molecule has 0 fully saturated rings. The summed E-state index contributed by atoms with van der Waals surface area (Å²) < 4.78 is 54.6. The van der Waals surface area contributed by atoms with E-state index in [1.807, 2.05) is 0 Å². The summed E-state index contributed by atoms with van der Waals surface area (Å²) >= 11 is 0. The van der Waals surface area contributed by atoms with Crippen LogP contribution in [0.15, 0.2) is 48.8 Å². The maximum absolute atomic E-state index is 13.0. The topological polar surface area (TPSA) is 51.2 Å². The number of carbonyl (C=O) groups is 1. The number of nitrogens with one attached hydrogen (secondary N) is 1. The lowest BCUT2D eigenvalue weighted by Gasteiger charge is -2.18. The van der Waals surface area contributed by atoms with Crippen LogP contribution in [0.3, 0.4) is 0 Å². The first-order valence-electron chi connectivity index (χ1n) is 7.01. The van der Waals surface area contributed by atoms with Crippen LogP contribution in [0, 0.1) is 0 Å². The molecular formula is C16H14F4N2O2. The lowest BCUT2D eigenvalue weighted by atomic mass is 10.1. The fourth-order valence-electron chi connectivity index (χ4n) is 1.90. The second kappa shape index (κ2) is 7.76. The van der Waals surface area contributed by atoms with Crippen LogP contribution in [0.25, 0.3) is 0 Å². The molecule has 0 radical (unpaired) electrons. The van der Waals surface area contributed by atoms with Gasteiger partial charge >= 0.3 is 12.5 Å². The first kappa shape index (κ1) is 17.7. The molecule has 2 rings (SSSR count). The average Bonchev–Trinajstić information content (AvgIpc) is 2.55. The highest BCUT2D eigenvalue weighted by atomic mass is 19.3. The number of amides is 1. The van der Waals surface area contributed by atoms with Crippen LogP contribution in [0.1, 0.15) is 15.9 Å². The minimum absolute atomic E-state index is 0.239. The van der Waals surface area contributed by atoms with E-state index in [1.165, 1.54) is 18.2 Å². The highest BCUT2D eigenvalue weighted by molar-refractivity contribution is 5.96. The molecule has 0 bridgehead atoms. The smallest absolute Gasteiger partial charge is 0.427 e. The van der Waals surface area contributed by atoms with Gasteiger partial charge < -0.3 is 10.1 Å². The number of carbonyl (C=O) groups excluding carboxylic acids is 1. The number of pyridine rings is 1. The lowest BCUT2D eigenvalue weighted by Crippen LogP contribution is -2.34. The molecule has 0 aliphatic heterocycles. The molecule has 0 atom stereocenters. The Balaban J connectivity index is 2.01. The number of alkyl halides is 4. The van der Waals surface area contributed by atoms with Crippen molar-refractivity contribution in [2.45, 2.75) is 19.0 Å². The van der Waals surface area contributed by atoms with Crippen molar-refractivity contribution in [1.29, 1.82) is 0 Å². The van der Waals surface area contributed by atoms with Gasteiger partial charge in [-0.1, -0.05) is 12.1 Å². The Kier molecular flexibility index (Phi) is 5.73. The number of para-hydroxylation sites is 1. The predicted octanol–water partition coefficient (Wildman–Crippen LogP) is 3.29. The lowest BCUT2D eigenvalue weighted by molar-refractivity contribution is -0.253. The fourth-order valence-corrected chi connectivity index (χ4v) is 1.90. The second-order valence-electron chi connectivity index (χ2n) is 4.82. The third-order valence-corrected chi connectivity index (χ3v) is 3.08. The zero-order valence-electron chi connectivity index (χ0n) is 12.4. The summed E-state index contributed by atoms with van der Waals surface area (Å²) in [5, 5.41) is 2.53. The first-order chi connectivity index (χ1) is 11.4. The van der Waals surface area contributed by atoms with E-state index in [4.69, 9.17) is 0 Å². The second-order valence-corrected chi connectivity index (χ2v) is 4.82. The number of rotatable bonds is 7. The van der Waals surface area contributed by atoms with Crippen LogP contribution in [0.2, 0.25) is 0 Å². The van der Waals surface area contributed by atoms with Crippen molar-refractivity contribution in [3.63, 3.8) is 0 Å². The van der Waals surface area contributed by atoms with Gasteiger partial charge in [0.15, 0.2) is 0 Å². The third-order valence-electron chi connectivity index (χ3n) is 3.08. The molecule has 4 nitrogen and oxygen atoms in total. The van der Waals surface area contributed by atoms with Gasteiger partial charge in [-0.3, -0.25) is 9.78 Å². The molecule has 8 heteroatoms. The van der Waals surface area contributed by atoms with Crippen molar-refractivity contribution in [2.75, 3.05) is 6.54 Å². The molecule has 0 unspecified atom stereocenters. The zero-order chi connectivity index (χ0) is 17.6. The van der Waals surface area contributed by atoms with Crippen molar-refractivity contribution in [3.05, 3.63) is 59.9 Å². The molecule has 1 aromatic carbocycles. The van der Waals surface area contributed by atoms with Crippen LogP contribution in [-0.2, 0) is 6.42 Å². The number of halogens is 4. The van der Waals surface area contributed by atoms with E-state index >= 15 is 0 Å².